The van der Waals surface area contributed by atoms with E-state index in [2.05, 4.69) is 32.3 Å². The van der Waals surface area contributed by atoms with Crippen LogP contribution in [-0.4, -0.2) is 46.0 Å². The van der Waals surface area contributed by atoms with E-state index >= 15 is 0 Å². The highest BCUT2D eigenvalue weighted by Crippen LogP contribution is 2.15. The standard InChI is InChI=1S/C14H19N5O/c1-10-9-19(6-5-15-10)14-16-13(17-18-14)8-11-3-2-4-12(20)7-11/h2-4,7,10,15,20H,5-6,8-9H2,1H3,(H,16,17,18)/t10-/m0/s1. The molecule has 1 aliphatic rings. The lowest BCUT2D eigenvalue weighted by molar-refractivity contribution is 0.474. The Morgan fingerprint density at radius 1 is 1.45 bits per heavy atom. The van der Waals surface area contributed by atoms with Crippen molar-refractivity contribution in [2.45, 2.75) is 19.4 Å². The van der Waals surface area contributed by atoms with Crippen molar-refractivity contribution < 1.29 is 5.11 Å². The number of nitrogens with zero attached hydrogens (tertiary/aromatic N) is 3. The number of nitrogens with one attached hydrogen (secondary N) is 2. The average Bonchev–Trinajstić information content (AvgIpc) is 2.87. The number of aromatic nitrogens is 3. The Morgan fingerprint density at radius 2 is 2.35 bits per heavy atom. The third-order valence-corrected chi connectivity index (χ3v) is 3.45. The molecule has 0 aliphatic carbocycles. The molecule has 1 saturated heterocycles. The Morgan fingerprint density at radius 3 is 3.15 bits per heavy atom. The molecule has 0 amide bonds. The minimum Gasteiger partial charge on any atom is -0.508 e. The molecule has 3 N–H and O–H groups in total. The number of phenolic OH excluding ortho intramolecular Hbond substituents is 1. The monoisotopic (exact) mass is 273 g/mol. The molecule has 1 aliphatic heterocycles. The highest BCUT2D eigenvalue weighted by atomic mass is 16.3. The molecule has 0 radical (unpaired) electrons. The summed E-state index contributed by atoms with van der Waals surface area (Å²) in [4.78, 5) is 6.73. The molecule has 0 spiro atoms. The minimum atomic E-state index is 0.276. The van der Waals surface area contributed by atoms with Crippen LogP contribution in [0.5, 0.6) is 5.75 Å². The number of H-pyrrole nitrogens is 1. The fourth-order valence-corrected chi connectivity index (χ4v) is 2.48. The van der Waals surface area contributed by atoms with Gasteiger partial charge in [-0.2, -0.15) is 4.98 Å². The molecular weight excluding hydrogens is 254 g/mol. The minimum absolute atomic E-state index is 0.276. The van der Waals surface area contributed by atoms with Gasteiger partial charge >= 0.3 is 0 Å². The van der Waals surface area contributed by atoms with E-state index in [1.165, 1.54) is 0 Å². The molecule has 1 fully saturated rings. The van der Waals surface area contributed by atoms with E-state index in [9.17, 15) is 5.11 Å². The van der Waals surface area contributed by atoms with Crippen LogP contribution in [-0.2, 0) is 6.42 Å². The lowest BCUT2D eigenvalue weighted by atomic mass is 10.1. The van der Waals surface area contributed by atoms with Gasteiger partial charge in [0, 0.05) is 32.1 Å². The zero-order valence-corrected chi connectivity index (χ0v) is 11.5. The van der Waals surface area contributed by atoms with Gasteiger partial charge < -0.3 is 15.3 Å². The van der Waals surface area contributed by atoms with Crippen molar-refractivity contribution in [3.05, 3.63) is 35.7 Å². The summed E-state index contributed by atoms with van der Waals surface area (Å²) in [6.45, 7) is 4.96. The summed E-state index contributed by atoms with van der Waals surface area (Å²) in [5.41, 5.74) is 1.02. The van der Waals surface area contributed by atoms with E-state index in [1.54, 1.807) is 12.1 Å². The van der Waals surface area contributed by atoms with E-state index in [-0.39, 0.29) is 5.75 Å². The van der Waals surface area contributed by atoms with Gasteiger partial charge in [-0.15, -0.1) is 5.10 Å². The molecular formula is C14H19N5O. The second-order valence-electron chi connectivity index (χ2n) is 5.23. The predicted molar refractivity (Wildman–Crippen MR) is 77.0 cm³/mol. The van der Waals surface area contributed by atoms with Crippen molar-refractivity contribution >= 4 is 5.95 Å². The third-order valence-electron chi connectivity index (χ3n) is 3.45. The van der Waals surface area contributed by atoms with Gasteiger partial charge in [-0.3, -0.25) is 5.10 Å². The van der Waals surface area contributed by atoms with Crippen LogP contribution >= 0.6 is 0 Å². The number of aromatic hydroxyl groups is 1. The number of hydrogen-bond acceptors (Lipinski definition) is 5. The molecule has 20 heavy (non-hydrogen) atoms. The topological polar surface area (TPSA) is 77.1 Å². The van der Waals surface area contributed by atoms with Crippen molar-refractivity contribution in [1.29, 1.82) is 0 Å². The second kappa shape index (κ2) is 5.50. The van der Waals surface area contributed by atoms with Crippen molar-refractivity contribution in [3.63, 3.8) is 0 Å². The first kappa shape index (κ1) is 12.9. The first-order chi connectivity index (χ1) is 9.70. The van der Waals surface area contributed by atoms with E-state index in [1.807, 2.05) is 12.1 Å². The largest absolute Gasteiger partial charge is 0.508 e. The molecule has 3 rings (SSSR count). The van der Waals surface area contributed by atoms with E-state index in [4.69, 9.17) is 0 Å². The van der Waals surface area contributed by atoms with E-state index < -0.39 is 0 Å². The number of hydrogen-bond donors (Lipinski definition) is 3. The average molecular weight is 273 g/mol. The number of anilines is 1. The van der Waals surface area contributed by atoms with Gasteiger partial charge in [0.1, 0.15) is 11.6 Å². The molecule has 6 heteroatoms. The summed E-state index contributed by atoms with van der Waals surface area (Å²) >= 11 is 0. The molecule has 1 aromatic heterocycles. The Bertz CT molecular complexity index is 582. The number of aromatic amines is 1. The zero-order chi connectivity index (χ0) is 13.9. The number of piperazine rings is 1. The summed E-state index contributed by atoms with van der Waals surface area (Å²) < 4.78 is 0. The van der Waals surface area contributed by atoms with Crippen molar-refractivity contribution in [3.8, 4) is 5.75 Å². The van der Waals surface area contributed by atoms with E-state index in [0.717, 1.165) is 37.0 Å². The van der Waals surface area contributed by atoms with Gasteiger partial charge in [0.05, 0.1) is 0 Å². The SMILES string of the molecule is C[C@H]1CN(c2n[nH]c(Cc3cccc(O)c3)n2)CCN1. The Hall–Kier alpha value is -2.08. The Balaban J connectivity index is 1.70. The van der Waals surface area contributed by atoms with Gasteiger partial charge in [-0.05, 0) is 24.6 Å². The lowest BCUT2D eigenvalue weighted by Crippen LogP contribution is -2.49. The highest BCUT2D eigenvalue weighted by Gasteiger charge is 2.19. The molecule has 0 unspecified atom stereocenters. The summed E-state index contributed by atoms with van der Waals surface area (Å²) in [6, 6.07) is 7.66. The number of rotatable bonds is 3. The summed E-state index contributed by atoms with van der Waals surface area (Å²) in [7, 11) is 0. The second-order valence-corrected chi connectivity index (χ2v) is 5.23. The van der Waals surface area contributed by atoms with Crippen LogP contribution in [0.25, 0.3) is 0 Å². The van der Waals surface area contributed by atoms with Gasteiger partial charge in [-0.1, -0.05) is 12.1 Å². The Kier molecular flexibility index (Phi) is 3.56. The highest BCUT2D eigenvalue weighted by molar-refractivity contribution is 5.33. The molecule has 0 bridgehead atoms. The maximum absolute atomic E-state index is 9.47. The fraction of sp³-hybridized carbons (Fsp3) is 0.429. The maximum Gasteiger partial charge on any atom is 0.244 e. The van der Waals surface area contributed by atoms with Crippen LogP contribution in [0.4, 0.5) is 5.95 Å². The molecule has 0 saturated carbocycles. The smallest absolute Gasteiger partial charge is 0.244 e. The first-order valence-electron chi connectivity index (χ1n) is 6.88. The Labute approximate surface area is 117 Å². The van der Waals surface area contributed by atoms with Crippen LogP contribution in [0, 0.1) is 0 Å². The number of benzene rings is 1. The molecule has 1 aromatic carbocycles. The third kappa shape index (κ3) is 2.91. The fourth-order valence-electron chi connectivity index (χ4n) is 2.48. The maximum atomic E-state index is 9.47. The first-order valence-corrected chi connectivity index (χ1v) is 6.88. The molecule has 2 aromatic rings. The van der Waals surface area contributed by atoms with Crippen LogP contribution in [0.15, 0.2) is 24.3 Å². The van der Waals surface area contributed by atoms with Crippen molar-refractivity contribution in [1.82, 2.24) is 20.5 Å². The van der Waals surface area contributed by atoms with Crippen molar-refractivity contribution in [2.75, 3.05) is 24.5 Å². The van der Waals surface area contributed by atoms with Crippen molar-refractivity contribution in [2.24, 2.45) is 0 Å². The lowest BCUT2D eigenvalue weighted by Gasteiger charge is -2.30. The van der Waals surface area contributed by atoms with E-state index in [0.29, 0.717) is 12.5 Å². The van der Waals surface area contributed by atoms with Crippen LogP contribution in [0.1, 0.15) is 18.3 Å². The van der Waals surface area contributed by atoms with Crippen LogP contribution < -0.4 is 10.2 Å². The summed E-state index contributed by atoms with van der Waals surface area (Å²) in [6.07, 6.45) is 0.642. The summed E-state index contributed by atoms with van der Waals surface area (Å²) in [5.74, 6) is 1.85. The van der Waals surface area contributed by atoms with Gasteiger partial charge in [0.15, 0.2) is 0 Å². The zero-order valence-electron chi connectivity index (χ0n) is 11.5. The molecule has 1 atom stereocenters. The van der Waals surface area contributed by atoms with Gasteiger partial charge in [0.2, 0.25) is 5.95 Å². The number of phenols is 1. The van der Waals surface area contributed by atoms with Gasteiger partial charge in [0.25, 0.3) is 0 Å². The van der Waals surface area contributed by atoms with Gasteiger partial charge in [-0.25, -0.2) is 0 Å². The molecule has 6 nitrogen and oxygen atoms in total. The van der Waals surface area contributed by atoms with Crippen LogP contribution in [0.3, 0.4) is 0 Å². The quantitative estimate of drug-likeness (QED) is 0.774. The summed E-state index contributed by atoms with van der Waals surface area (Å²) in [5, 5.41) is 20.1. The normalized spacial score (nSPS) is 19.2. The molecule has 2 heterocycles. The predicted octanol–water partition coefficient (Wildman–Crippen LogP) is 0.899. The van der Waals surface area contributed by atoms with Crippen LogP contribution in [0.2, 0.25) is 0 Å². The molecule has 106 valence electrons.